The van der Waals surface area contributed by atoms with Gasteiger partial charge in [0.05, 0.1) is 17.3 Å². The molecule has 1 fully saturated rings. The predicted octanol–water partition coefficient (Wildman–Crippen LogP) is 4.18. The number of carbonyl (C=O) groups is 1. The molecule has 1 atom stereocenters. The molecular formula is C19H24FNO4. The highest BCUT2D eigenvalue weighted by Crippen LogP contribution is 2.38. The van der Waals surface area contributed by atoms with E-state index in [0.29, 0.717) is 48.9 Å². The highest BCUT2D eigenvalue weighted by Gasteiger charge is 2.36. The summed E-state index contributed by atoms with van der Waals surface area (Å²) < 4.78 is 24.7. The highest BCUT2D eigenvalue weighted by atomic mass is 19.1. The lowest BCUT2D eigenvalue weighted by molar-refractivity contribution is 0.0132. The number of nitrogens with zero attached hydrogens (tertiary/aromatic N) is 1. The molecular weight excluding hydrogens is 325 g/mol. The number of amides is 1. The van der Waals surface area contributed by atoms with Gasteiger partial charge in [0.2, 0.25) is 0 Å². The molecule has 1 aromatic heterocycles. The van der Waals surface area contributed by atoms with Gasteiger partial charge >= 0.3 is 6.09 Å². The summed E-state index contributed by atoms with van der Waals surface area (Å²) in [5.41, 5.74) is -0.787. The Morgan fingerprint density at radius 1 is 1.28 bits per heavy atom. The van der Waals surface area contributed by atoms with Crippen molar-refractivity contribution in [3.8, 4) is 0 Å². The minimum absolute atomic E-state index is 0.341. The molecule has 0 bridgehead atoms. The largest absolute Gasteiger partial charge is 0.464 e. The van der Waals surface area contributed by atoms with Crippen LogP contribution in [-0.2, 0) is 10.3 Å². The summed E-state index contributed by atoms with van der Waals surface area (Å²) in [4.78, 5) is 13.9. The van der Waals surface area contributed by atoms with Crippen molar-refractivity contribution in [2.75, 3.05) is 13.1 Å². The van der Waals surface area contributed by atoms with Crippen LogP contribution in [0.15, 0.2) is 28.9 Å². The summed E-state index contributed by atoms with van der Waals surface area (Å²) in [7, 11) is 0. The predicted molar refractivity (Wildman–Crippen MR) is 91.7 cm³/mol. The third kappa shape index (κ3) is 3.63. The van der Waals surface area contributed by atoms with E-state index in [2.05, 4.69) is 0 Å². The molecule has 2 aromatic rings. The second-order valence-corrected chi connectivity index (χ2v) is 7.61. The third-order valence-electron chi connectivity index (χ3n) is 4.53. The van der Waals surface area contributed by atoms with Crippen LogP contribution in [0.1, 0.15) is 45.6 Å². The first kappa shape index (κ1) is 17.7. The normalized spacial score (nSPS) is 22.0. The van der Waals surface area contributed by atoms with Crippen LogP contribution in [-0.4, -0.2) is 34.8 Å². The average molecular weight is 349 g/mol. The Morgan fingerprint density at radius 2 is 2.04 bits per heavy atom. The smallest absolute Gasteiger partial charge is 0.410 e. The van der Waals surface area contributed by atoms with E-state index in [4.69, 9.17) is 9.15 Å². The summed E-state index contributed by atoms with van der Waals surface area (Å²) in [6, 6.07) is 4.48. The SMILES string of the molecule is CC(C)(C)OC(=O)N1CCCC(O)(c2ccc(F)c3ccoc23)CC1. The van der Waals surface area contributed by atoms with Crippen molar-refractivity contribution >= 4 is 17.1 Å². The molecule has 6 heteroatoms. The van der Waals surface area contributed by atoms with Crippen LogP contribution in [0, 0.1) is 5.82 Å². The number of fused-ring (bicyclic) bond motifs is 1. The standard InChI is InChI=1S/C19H24FNO4/c1-18(2,3)25-17(22)21-10-4-8-19(23,9-11-21)14-5-6-15(20)13-7-12-24-16(13)14/h5-7,12,23H,4,8-11H2,1-3H3. The van der Waals surface area contributed by atoms with E-state index in [1.807, 2.05) is 20.8 Å². The molecule has 25 heavy (non-hydrogen) atoms. The zero-order valence-corrected chi connectivity index (χ0v) is 14.8. The molecule has 1 aliphatic rings. The number of hydrogen-bond acceptors (Lipinski definition) is 4. The summed E-state index contributed by atoms with van der Waals surface area (Å²) in [5.74, 6) is -0.375. The summed E-state index contributed by atoms with van der Waals surface area (Å²) >= 11 is 0. The number of hydrogen-bond donors (Lipinski definition) is 1. The number of halogens is 1. The summed E-state index contributed by atoms with van der Waals surface area (Å²) in [6.45, 7) is 6.35. The lowest BCUT2D eigenvalue weighted by Crippen LogP contribution is -2.38. The molecule has 3 rings (SSSR count). The van der Waals surface area contributed by atoms with Crippen molar-refractivity contribution in [1.82, 2.24) is 4.90 Å². The Labute approximate surface area is 146 Å². The van der Waals surface area contributed by atoms with Crippen LogP contribution in [0.3, 0.4) is 0 Å². The highest BCUT2D eigenvalue weighted by molar-refractivity contribution is 5.81. The molecule has 1 unspecified atom stereocenters. The van der Waals surface area contributed by atoms with Gasteiger partial charge in [-0.25, -0.2) is 9.18 Å². The topological polar surface area (TPSA) is 62.9 Å². The maximum atomic E-state index is 13.9. The van der Waals surface area contributed by atoms with E-state index >= 15 is 0 Å². The molecule has 0 saturated carbocycles. The van der Waals surface area contributed by atoms with Gasteiger partial charge in [0.15, 0.2) is 0 Å². The molecule has 1 N–H and O–H groups in total. The second kappa shape index (κ2) is 6.33. The van der Waals surface area contributed by atoms with E-state index < -0.39 is 11.2 Å². The molecule has 1 saturated heterocycles. The van der Waals surface area contributed by atoms with E-state index in [-0.39, 0.29) is 11.9 Å². The van der Waals surface area contributed by atoms with Gasteiger partial charge in [-0.2, -0.15) is 0 Å². The van der Waals surface area contributed by atoms with Gasteiger partial charge in [0.25, 0.3) is 0 Å². The third-order valence-corrected chi connectivity index (χ3v) is 4.53. The first-order valence-electron chi connectivity index (χ1n) is 8.56. The summed E-state index contributed by atoms with van der Waals surface area (Å²) in [5, 5.41) is 11.6. The van der Waals surface area contributed by atoms with Crippen LogP contribution in [0.4, 0.5) is 9.18 Å². The van der Waals surface area contributed by atoms with Crippen LogP contribution in [0.25, 0.3) is 11.0 Å². The monoisotopic (exact) mass is 349 g/mol. The maximum absolute atomic E-state index is 13.9. The zero-order valence-electron chi connectivity index (χ0n) is 14.8. The number of benzene rings is 1. The van der Waals surface area contributed by atoms with E-state index in [1.165, 1.54) is 12.3 Å². The molecule has 1 amide bonds. The first-order valence-corrected chi connectivity index (χ1v) is 8.56. The Morgan fingerprint density at radius 3 is 2.76 bits per heavy atom. The summed E-state index contributed by atoms with van der Waals surface area (Å²) in [6.07, 6.45) is 2.47. The molecule has 5 nitrogen and oxygen atoms in total. The van der Waals surface area contributed by atoms with Crippen molar-refractivity contribution in [1.29, 1.82) is 0 Å². The van der Waals surface area contributed by atoms with Crippen LogP contribution < -0.4 is 0 Å². The van der Waals surface area contributed by atoms with Crippen LogP contribution >= 0.6 is 0 Å². The number of furan rings is 1. The average Bonchev–Trinajstić information content (AvgIpc) is 2.91. The first-order chi connectivity index (χ1) is 11.7. The number of likely N-dealkylation sites (tertiary alicyclic amines) is 1. The Bertz CT molecular complexity index is 779. The molecule has 1 aliphatic heterocycles. The van der Waals surface area contributed by atoms with Crippen molar-refractivity contribution in [2.45, 2.75) is 51.2 Å². The fourth-order valence-electron chi connectivity index (χ4n) is 3.29. The van der Waals surface area contributed by atoms with E-state index in [0.717, 1.165) is 0 Å². The number of ether oxygens (including phenoxy) is 1. The number of carbonyl (C=O) groups excluding carboxylic acids is 1. The second-order valence-electron chi connectivity index (χ2n) is 7.61. The molecule has 2 heterocycles. The van der Waals surface area contributed by atoms with E-state index in [9.17, 15) is 14.3 Å². The molecule has 0 spiro atoms. The molecule has 0 aliphatic carbocycles. The minimum Gasteiger partial charge on any atom is -0.464 e. The van der Waals surface area contributed by atoms with E-state index in [1.54, 1.807) is 17.0 Å². The van der Waals surface area contributed by atoms with Crippen molar-refractivity contribution < 1.29 is 23.4 Å². The molecule has 1 aromatic carbocycles. The van der Waals surface area contributed by atoms with Gasteiger partial charge in [-0.15, -0.1) is 0 Å². The van der Waals surface area contributed by atoms with Crippen molar-refractivity contribution in [3.63, 3.8) is 0 Å². The van der Waals surface area contributed by atoms with Gasteiger partial charge < -0.3 is 19.2 Å². The molecule has 0 radical (unpaired) electrons. The fourth-order valence-corrected chi connectivity index (χ4v) is 3.29. The van der Waals surface area contributed by atoms with Gasteiger partial charge in [-0.05, 0) is 58.2 Å². The van der Waals surface area contributed by atoms with Crippen molar-refractivity contribution in [2.24, 2.45) is 0 Å². The zero-order chi connectivity index (χ0) is 18.2. The minimum atomic E-state index is -1.17. The van der Waals surface area contributed by atoms with Gasteiger partial charge in [-0.1, -0.05) is 0 Å². The van der Waals surface area contributed by atoms with Crippen LogP contribution in [0.2, 0.25) is 0 Å². The Hall–Kier alpha value is -2.08. The maximum Gasteiger partial charge on any atom is 0.410 e. The van der Waals surface area contributed by atoms with Crippen molar-refractivity contribution in [3.05, 3.63) is 35.8 Å². The number of aliphatic hydroxyl groups is 1. The quantitative estimate of drug-likeness (QED) is 0.839. The lowest BCUT2D eigenvalue weighted by atomic mass is 9.86. The lowest BCUT2D eigenvalue weighted by Gasteiger charge is -2.28. The van der Waals surface area contributed by atoms with Gasteiger partial charge in [-0.3, -0.25) is 0 Å². The number of rotatable bonds is 1. The Balaban J connectivity index is 1.82. The van der Waals surface area contributed by atoms with Crippen LogP contribution in [0.5, 0.6) is 0 Å². The van der Waals surface area contributed by atoms with Gasteiger partial charge in [0.1, 0.15) is 17.0 Å². The Kier molecular flexibility index (Phi) is 4.49. The molecule has 136 valence electrons. The fraction of sp³-hybridized carbons (Fsp3) is 0.526. The van der Waals surface area contributed by atoms with Gasteiger partial charge in [0, 0.05) is 18.7 Å².